The lowest BCUT2D eigenvalue weighted by atomic mass is 9.93. The van der Waals surface area contributed by atoms with E-state index < -0.39 is 11.7 Å². The summed E-state index contributed by atoms with van der Waals surface area (Å²) in [6, 6.07) is 57.5. The fourth-order valence-corrected chi connectivity index (χ4v) is 8.71. The maximum Gasteiger partial charge on any atom is 0.417 e. The summed E-state index contributed by atoms with van der Waals surface area (Å²) in [6.07, 6.45) is -4.78. The van der Waals surface area contributed by atoms with E-state index in [1.807, 2.05) is 130 Å². The van der Waals surface area contributed by atoms with Crippen molar-refractivity contribution >= 4 is 43.6 Å². The maximum atomic E-state index is 15.6. The fraction of sp³-hybridized carbons (Fsp3) is 0.0192. The molecule has 0 aliphatic heterocycles. The Balaban J connectivity index is 1.29. The first-order valence-electron chi connectivity index (χ1n) is 19.1. The first-order valence-corrected chi connectivity index (χ1v) is 19.1. The van der Waals surface area contributed by atoms with Gasteiger partial charge in [0.25, 0.3) is 0 Å². The molecule has 0 N–H and O–H groups in total. The summed E-state index contributed by atoms with van der Waals surface area (Å²) < 4.78 is 50.6. The van der Waals surface area contributed by atoms with Crippen LogP contribution in [0.1, 0.15) is 22.3 Å². The average molecular weight is 780 g/mol. The molecule has 0 aliphatic carbocycles. The lowest BCUT2D eigenvalue weighted by Gasteiger charge is -2.22. The minimum absolute atomic E-state index is 0.0795. The van der Waals surface area contributed by atoms with Crippen molar-refractivity contribution in [2.75, 3.05) is 0 Å². The minimum atomic E-state index is -4.78. The van der Waals surface area contributed by atoms with Crippen LogP contribution in [0.5, 0.6) is 0 Å². The molecule has 0 fully saturated rings. The molecule has 60 heavy (non-hydrogen) atoms. The molecule has 5 nitrogen and oxygen atoms in total. The Labute approximate surface area is 341 Å². The number of alkyl halides is 3. The van der Waals surface area contributed by atoms with Crippen LogP contribution in [-0.4, -0.2) is 9.13 Å². The molecule has 0 atom stereocenters. The van der Waals surface area contributed by atoms with Crippen LogP contribution in [0.3, 0.4) is 0 Å². The number of nitrogens with zero attached hydrogens (tertiary/aromatic N) is 5. The summed E-state index contributed by atoms with van der Waals surface area (Å²) in [5.74, 6) is 0. The fourth-order valence-electron chi connectivity index (χ4n) is 8.71. The Hall–Kier alpha value is -8.38. The second-order valence-electron chi connectivity index (χ2n) is 14.5. The molecule has 0 bridgehead atoms. The van der Waals surface area contributed by atoms with Crippen molar-refractivity contribution in [1.29, 1.82) is 15.8 Å². The van der Waals surface area contributed by atoms with Gasteiger partial charge in [0.1, 0.15) is 0 Å². The summed E-state index contributed by atoms with van der Waals surface area (Å²) in [7, 11) is 0. The van der Waals surface area contributed by atoms with Crippen LogP contribution in [0.15, 0.2) is 170 Å². The van der Waals surface area contributed by atoms with Gasteiger partial charge in [-0.05, 0) is 101 Å². The van der Waals surface area contributed by atoms with E-state index in [0.29, 0.717) is 27.8 Å². The lowest BCUT2D eigenvalue weighted by Crippen LogP contribution is -2.11. The third-order valence-electron chi connectivity index (χ3n) is 11.3. The van der Waals surface area contributed by atoms with Gasteiger partial charge in [-0.25, -0.2) is 0 Å². The largest absolute Gasteiger partial charge is 0.417 e. The zero-order valence-electron chi connectivity index (χ0n) is 31.5. The lowest BCUT2D eigenvalue weighted by molar-refractivity contribution is -0.137. The summed E-state index contributed by atoms with van der Waals surface area (Å²) >= 11 is 0. The van der Waals surface area contributed by atoms with Gasteiger partial charge in [0.15, 0.2) is 0 Å². The number of nitriles is 3. The normalized spacial score (nSPS) is 11.5. The number of aromatic nitrogens is 2. The molecule has 10 rings (SSSR count). The van der Waals surface area contributed by atoms with Gasteiger partial charge in [0.05, 0.1) is 73.9 Å². The van der Waals surface area contributed by atoms with E-state index in [-0.39, 0.29) is 22.4 Å². The van der Waals surface area contributed by atoms with E-state index in [1.54, 1.807) is 36.4 Å². The number of halogens is 3. The van der Waals surface area contributed by atoms with Crippen LogP contribution < -0.4 is 0 Å². The zero-order valence-corrected chi connectivity index (χ0v) is 31.5. The molecule has 0 saturated heterocycles. The van der Waals surface area contributed by atoms with E-state index in [0.717, 1.165) is 60.9 Å². The summed E-state index contributed by atoms with van der Waals surface area (Å²) in [6.45, 7) is 0. The summed E-state index contributed by atoms with van der Waals surface area (Å²) in [4.78, 5) is 0. The third kappa shape index (κ3) is 5.61. The summed E-state index contributed by atoms with van der Waals surface area (Å²) in [5.41, 5.74) is 7.32. The molecule has 2 heterocycles. The highest BCUT2D eigenvalue weighted by Crippen LogP contribution is 2.47. The summed E-state index contributed by atoms with van der Waals surface area (Å²) in [5, 5.41) is 33.4. The Morgan fingerprint density at radius 3 is 1.43 bits per heavy atom. The van der Waals surface area contributed by atoms with Crippen LogP contribution >= 0.6 is 0 Å². The molecule has 282 valence electrons. The van der Waals surface area contributed by atoms with Crippen molar-refractivity contribution in [2.45, 2.75) is 6.18 Å². The molecule has 2 aromatic heterocycles. The first kappa shape index (κ1) is 36.0. The molecular formula is C52H28F3N5. The van der Waals surface area contributed by atoms with Gasteiger partial charge in [-0.2, -0.15) is 29.0 Å². The molecule has 8 heteroatoms. The monoisotopic (exact) mass is 779 g/mol. The second-order valence-corrected chi connectivity index (χ2v) is 14.5. The number of benzene rings is 8. The molecule has 0 spiro atoms. The van der Waals surface area contributed by atoms with Crippen LogP contribution in [0.25, 0.3) is 88.4 Å². The third-order valence-corrected chi connectivity index (χ3v) is 11.3. The second kappa shape index (κ2) is 13.9. The van der Waals surface area contributed by atoms with Gasteiger partial charge in [-0.1, -0.05) is 91.0 Å². The van der Waals surface area contributed by atoms with Crippen molar-refractivity contribution in [1.82, 2.24) is 9.13 Å². The Kier molecular flexibility index (Phi) is 8.35. The van der Waals surface area contributed by atoms with E-state index in [4.69, 9.17) is 0 Å². The maximum absolute atomic E-state index is 15.6. The standard InChI is InChI=1S/C52H28F3N5/c53-52(54,55)44-16-9-19-50(60-46-18-8-6-15-40(46)42-28-34(22-25-48(42)60)38-13-4-2-11-36(38)31-58)51(44)43-26-32(29-56)20-23-49(43)59-45-17-7-5-14-39(45)41-27-33(21-24-47(41)59)37-12-3-1-10-35(37)30-57/h1-28H. The highest BCUT2D eigenvalue weighted by Gasteiger charge is 2.36. The molecule has 0 radical (unpaired) electrons. The Bertz CT molecular complexity index is 3530. The minimum Gasteiger partial charge on any atom is -0.309 e. The van der Waals surface area contributed by atoms with Gasteiger partial charge < -0.3 is 9.13 Å². The topological polar surface area (TPSA) is 81.2 Å². The molecule has 8 aromatic carbocycles. The predicted molar refractivity (Wildman–Crippen MR) is 231 cm³/mol. The molecule has 0 saturated carbocycles. The van der Waals surface area contributed by atoms with Crippen LogP contribution in [0, 0.1) is 34.0 Å². The number of para-hydroxylation sites is 2. The van der Waals surface area contributed by atoms with Gasteiger partial charge in [0, 0.05) is 32.7 Å². The first-order chi connectivity index (χ1) is 29.3. The van der Waals surface area contributed by atoms with Crippen molar-refractivity contribution in [3.8, 4) is 63.0 Å². The number of fused-ring (bicyclic) bond motifs is 6. The van der Waals surface area contributed by atoms with Crippen LogP contribution in [0.4, 0.5) is 13.2 Å². The van der Waals surface area contributed by atoms with Gasteiger partial charge >= 0.3 is 6.18 Å². The SMILES string of the molecule is N#Cc1ccc(-n2c3ccccc3c3cc(-c4ccccc4C#N)ccc32)c(-c2c(-n3c4ccccc4c4cc(-c5ccccc5C#N)ccc43)cccc2C(F)(F)F)c1. The highest BCUT2D eigenvalue weighted by molar-refractivity contribution is 6.13. The van der Waals surface area contributed by atoms with Gasteiger partial charge in [-0.15, -0.1) is 0 Å². The molecule has 0 aliphatic rings. The zero-order chi connectivity index (χ0) is 41.1. The quantitative estimate of drug-likeness (QED) is 0.174. The number of rotatable bonds is 5. The van der Waals surface area contributed by atoms with E-state index >= 15 is 13.2 Å². The molecular weight excluding hydrogens is 752 g/mol. The molecule has 0 amide bonds. The number of hydrogen-bond acceptors (Lipinski definition) is 3. The van der Waals surface area contributed by atoms with Gasteiger partial charge in [-0.3, -0.25) is 0 Å². The van der Waals surface area contributed by atoms with Crippen molar-refractivity contribution < 1.29 is 13.2 Å². The van der Waals surface area contributed by atoms with E-state index in [9.17, 15) is 15.8 Å². The van der Waals surface area contributed by atoms with Crippen LogP contribution in [-0.2, 0) is 6.18 Å². The Morgan fingerprint density at radius 1 is 0.400 bits per heavy atom. The smallest absolute Gasteiger partial charge is 0.309 e. The van der Waals surface area contributed by atoms with Crippen molar-refractivity contribution in [2.24, 2.45) is 0 Å². The molecule has 0 unspecified atom stereocenters. The van der Waals surface area contributed by atoms with Crippen molar-refractivity contribution in [3.63, 3.8) is 0 Å². The highest BCUT2D eigenvalue weighted by atomic mass is 19.4. The van der Waals surface area contributed by atoms with E-state index in [1.165, 1.54) is 6.07 Å². The molecule has 10 aromatic rings. The Morgan fingerprint density at radius 2 is 0.900 bits per heavy atom. The van der Waals surface area contributed by atoms with Gasteiger partial charge in [0.2, 0.25) is 0 Å². The van der Waals surface area contributed by atoms with E-state index in [2.05, 4.69) is 18.2 Å². The van der Waals surface area contributed by atoms with Crippen LogP contribution in [0.2, 0.25) is 0 Å². The average Bonchev–Trinajstić information content (AvgIpc) is 3.80. The van der Waals surface area contributed by atoms with Crippen molar-refractivity contribution in [3.05, 3.63) is 192 Å². The predicted octanol–water partition coefficient (Wildman–Crippen LogP) is 13.5. The number of hydrogen-bond donors (Lipinski definition) is 0.